The third kappa shape index (κ3) is 3.00. The number of ether oxygens (including phenoxy) is 1. The standard InChI is InChI=1S/C11H13FO5/c1-17-11(16)10(15)9(14)8-4-7(12)3-2-6(8)5-13/h2-4,9-10,13-15H,5H2,1H3. The number of aliphatic hydroxyl groups is 3. The molecule has 0 amide bonds. The van der Waals surface area contributed by atoms with Gasteiger partial charge in [-0.1, -0.05) is 6.07 Å². The Balaban J connectivity index is 3.05. The molecule has 1 rings (SSSR count). The first kappa shape index (κ1) is 13.6. The van der Waals surface area contributed by atoms with Gasteiger partial charge in [-0.2, -0.15) is 0 Å². The van der Waals surface area contributed by atoms with Crippen LogP contribution in [0.3, 0.4) is 0 Å². The van der Waals surface area contributed by atoms with Crippen molar-refractivity contribution in [2.45, 2.75) is 18.8 Å². The van der Waals surface area contributed by atoms with Gasteiger partial charge in [0.1, 0.15) is 11.9 Å². The number of carbonyl (C=O) groups excluding carboxylic acids is 1. The lowest BCUT2D eigenvalue weighted by Crippen LogP contribution is -2.29. The second-order valence-corrected chi connectivity index (χ2v) is 3.41. The minimum Gasteiger partial charge on any atom is -0.467 e. The normalized spacial score (nSPS) is 14.2. The van der Waals surface area contributed by atoms with Gasteiger partial charge in [-0.05, 0) is 23.3 Å². The van der Waals surface area contributed by atoms with E-state index in [1.807, 2.05) is 0 Å². The number of hydrogen-bond acceptors (Lipinski definition) is 5. The molecule has 0 fully saturated rings. The maximum Gasteiger partial charge on any atom is 0.337 e. The Bertz CT molecular complexity index is 407. The predicted octanol–water partition coefficient (Wildman–Crippen LogP) is -0.115. The molecule has 94 valence electrons. The first-order valence-corrected chi connectivity index (χ1v) is 4.84. The summed E-state index contributed by atoms with van der Waals surface area (Å²) in [5.41, 5.74) is 0.173. The summed E-state index contributed by atoms with van der Waals surface area (Å²) in [5.74, 6) is -1.68. The average Bonchev–Trinajstić information content (AvgIpc) is 2.35. The quantitative estimate of drug-likeness (QED) is 0.643. The number of aliphatic hydroxyl groups excluding tert-OH is 3. The van der Waals surface area contributed by atoms with Gasteiger partial charge >= 0.3 is 5.97 Å². The molecule has 0 aliphatic heterocycles. The Hall–Kier alpha value is -1.50. The number of methoxy groups -OCH3 is 1. The smallest absolute Gasteiger partial charge is 0.337 e. The molecule has 2 atom stereocenters. The third-order valence-corrected chi connectivity index (χ3v) is 2.34. The van der Waals surface area contributed by atoms with E-state index in [9.17, 15) is 19.4 Å². The molecule has 0 aliphatic rings. The van der Waals surface area contributed by atoms with Crippen LogP contribution in [0, 0.1) is 5.82 Å². The zero-order chi connectivity index (χ0) is 13.0. The number of benzene rings is 1. The van der Waals surface area contributed by atoms with E-state index in [0.29, 0.717) is 0 Å². The van der Waals surface area contributed by atoms with E-state index in [1.54, 1.807) is 0 Å². The monoisotopic (exact) mass is 244 g/mol. The zero-order valence-electron chi connectivity index (χ0n) is 9.13. The summed E-state index contributed by atoms with van der Waals surface area (Å²) in [7, 11) is 1.05. The van der Waals surface area contributed by atoms with Crippen LogP contribution in [0.15, 0.2) is 18.2 Å². The molecule has 0 spiro atoms. The molecule has 1 aromatic carbocycles. The van der Waals surface area contributed by atoms with Crippen molar-refractivity contribution in [3.63, 3.8) is 0 Å². The van der Waals surface area contributed by atoms with Crippen molar-refractivity contribution < 1.29 is 29.2 Å². The molecule has 0 heterocycles. The molecule has 5 nitrogen and oxygen atoms in total. The fourth-order valence-electron chi connectivity index (χ4n) is 1.40. The highest BCUT2D eigenvalue weighted by atomic mass is 19.1. The van der Waals surface area contributed by atoms with Gasteiger partial charge in [0.15, 0.2) is 6.10 Å². The fraction of sp³-hybridized carbons (Fsp3) is 0.364. The Morgan fingerprint density at radius 1 is 1.47 bits per heavy atom. The van der Waals surface area contributed by atoms with Gasteiger partial charge in [0.2, 0.25) is 0 Å². The third-order valence-electron chi connectivity index (χ3n) is 2.34. The van der Waals surface area contributed by atoms with E-state index in [-0.39, 0.29) is 11.1 Å². The lowest BCUT2D eigenvalue weighted by Gasteiger charge is -2.18. The maximum absolute atomic E-state index is 13.0. The molecule has 2 unspecified atom stereocenters. The van der Waals surface area contributed by atoms with Gasteiger partial charge in [-0.25, -0.2) is 9.18 Å². The Morgan fingerprint density at radius 2 is 2.12 bits per heavy atom. The molecule has 0 bridgehead atoms. The molecule has 3 N–H and O–H groups in total. The Morgan fingerprint density at radius 3 is 2.65 bits per heavy atom. The first-order chi connectivity index (χ1) is 8.01. The molecule has 0 saturated heterocycles. The maximum atomic E-state index is 13.0. The lowest BCUT2D eigenvalue weighted by atomic mass is 9.99. The van der Waals surface area contributed by atoms with Gasteiger partial charge < -0.3 is 20.1 Å². The summed E-state index contributed by atoms with van der Waals surface area (Å²) in [5, 5.41) is 28.1. The highest BCUT2D eigenvalue weighted by molar-refractivity contribution is 5.75. The van der Waals surface area contributed by atoms with Crippen LogP contribution < -0.4 is 0 Å². The summed E-state index contributed by atoms with van der Waals surface area (Å²) < 4.78 is 17.3. The molecule has 17 heavy (non-hydrogen) atoms. The Labute approximate surface area is 97.1 Å². The van der Waals surface area contributed by atoms with Gasteiger partial charge in [0, 0.05) is 0 Å². The average molecular weight is 244 g/mol. The van der Waals surface area contributed by atoms with Crippen LogP contribution in [-0.2, 0) is 16.1 Å². The van der Waals surface area contributed by atoms with Crippen LogP contribution in [0.2, 0.25) is 0 Å². The van der Waals surface area contributed by atoms with E-state index in [4.69, 9.17) is 5.11 Å². The number of rotatable bonds is 4. The largest absolute Gasteiger partial charge is 0.467 e. The van der Waals surface area contributed by atoms with E-state index in [1.165, 1.54) is 6.07 Å². The van der Waals surface area contributed by atoms with Crippen molar-refractivity contribution >= 4 is 5.97 Å². The van der Waals surface area contributed by atoms with Gasteiger partial charge in [0.25, 0.3) is 0 Å². The van der Waals surface area contributed by atoms with Crippen LogP contribution in [0.5, 0.6) is 0 Å². The first-order valence-electron chi connectivity index (χ1n) is 4.84. The van der Waals surface area contributed by atoms with Crippen molar-refractivity contribution in [3.05, 3.63) is 35.1 Å². The van der Waals surface area contributed by atoms with Gasteiger partial charge in [-0.15, -0.1) is 0 Å². The summed E-state index contributed by atoms with van der Waals surface area (Å²) >= 11 is 0. The minimum absolute atomic E-state index is 0.0506. The topological polar surface area (TPSA) is 87.0 Å². The lowest BCUT2D eigenvalue weighted by molar-refractivity contribution is -0.156. The Kier molecular flexibility index (Phi) is 4.56. The van der Waals surface area contributed by atoms with Crippen LogP contribution in [0.25, 0.3) is 0 Å². The van der Waals surface area contributed by atoms with Gasteiger partial charge in [0.05, 0.1) is 13.7 Å². The molecule has 0 saturated carbocycles. The van der Waals surface area contributed by atoms with Crippen molar-refractivity contribution in [2.75, 3.05) is 7.11 Å². The van der Waals surface area contributed by atoms with E-state index < -0.39 is 30.6 Å². The SMILES string of the molecule is COC(=O)C(O)C(O)c1cc(F)ccc1CO. The van der Waals surface area contributed by atoms with E-state index >= 15 is 0 Å². The number of halogens is 1. The van der Waals surface area contributed by atoms with Crippen LogP contribution in [-0.4, -0.2) is 34.5 Å². The molecule has 1 aromatic rings. The summed E-state index contributed by atoms with van der Waals surface area (Å²) in [4.78, 5) is 11.0. The van der Waals surface area contributed by atoms with E-state index in [2.05, 4.69) is 4.74 Å². The second-order valence-electron chi connectivity index (χ2n) is 3.41. The van der Waals surface area contributed by atoms with Crippen LogP contribution in [0.4, 0.5) is 4.39 Å². The van der Waals surface area contributed by atoms with Crippen molar-refractivity contribution in [1.82, 2.24) is 0 Å². The fourth-order valence-corrected chi connectivity index (χ4v) is 1.40. The number of carbonyl (C=O) groups is 1. The summed E-state index contributed by atoms with van der Waals surface area (Å²) in [6.07, 6.45) is -3.48. The predicted molar refractivity (Wildman–Crippen MR) is 55.3 cm³/mol. The van der Waals surface area contributed by atoms with Crippen LogP contribution >= 0.6 is 0 Å². The molecule has 0 radical (unpaired) electrons. The molecular weight excluding hydrogens is 231 g/mol. The molecule has 0 aromatic heterocycles. The molecule has 0 aliphatic carbocycles. The zero-order valence-corrected chi connectivity index (χ0v) is 9.13. The van der Waals surface area contributed by atoms with Crippen molar-refractivity contribution in [3.8, 4) is 0 Å². The number of hydrogen-bond donors (Lipinski definition) is 3. The van der Waals surface area contributed by atoms with E-state index in [0.717, 1.165) is 19.2 Å². The van der Waals surface area contributed by atoms with Crippen molar-refractivity contribution in [1.29, 1.82) is 0 Å². The molecular formula is C11H13FO5. The second kappa shape index (κ2) is 5.72. The van der Waals surface area contributed by atoms with Crippen molar-refractivity contribution in [2.24, 2.45) is 0 Å². The summed E-state index contributed by atoms with van der Waals surface area (Å²) in [6, 6.07) is 3.31. The summed E-state index contributed by atoms with van der Waals surface area (Å²) in [6.45, 7) is -0.444. The van der Waals surface area contributed by atoms with Gasteiger partial charge in [-0.3, -0.25) is 0 Å². The highest BCUT2D eigenvalue weighted by Gasteiger charge is 2.28. The highest BCUT2D eigenvalue weighted by Crippen LogP contribution is 2.23. The number of esters is 1. The minimum atomic E-state index is -1.83. The molecule has 6 heteroatoms. The van der Waals surface area contributed by atoms with Crippen LogP contribution in [0.1, 0.15) is 17.2 Å².